The van der Waals surface area contributed by atoms with Crippen LogP contribution in [0.3, 0.4) is 0 Å². The summed E-state index contributed by atoms with van der Waals surface area (Å²) in [6, 6.07) is 7.86. The van der Waals surface area contributed by atoms with Gasteiger partial charge in [-0.3, -0.25) is 4.79 Å². The molecule has 4 aromatic rings. The lowest BCUT2D eigenvalue weighted by atomic mass is 10.1. The lowest BCUT2D eigenvalue weighted by Crippen LogP contribution is -2.28. The molecule has 1 saturated heterocycles. The number of nitrogens with zero attached hydrogens (tertiary/aromatic N) is 5. The van der Waals surface area contributed by atoms with E-state index in [9.17, 15) is 4.79 Å². The van der Waals surface area contributed by atoms with Crippen molar-refractivity contribution in [2.45, 2.75) is 39.2 Å². The smallest absolute Gasteiger partial charge is 0.253 e. The summed E-state index contributed by atoms with van der Waals surface area (Å²) in [6.07, 6.45) is 8.41. The molecular weight excluding hydrogens is 390 g/mol. The molecule has 0 aliphatic carbocycles. The summed E-state index contributed by atoms with van der Waals surface area (Å²) >= 11 is 0. The molecule has 0 atom stereocenters. The van der Waals surface area contributed by atoms with Crippen LogP contribution in [-0.4, -0.2) is 50.3 Å². The van der Waals surface area contributed by atoms with E-state index in [-0.39, 0.29) is 5.91 Å². The van der Waals surface area contributed by atoms with Crippen LogP contribution in [0.5, 0.6) is 0 Å². The van der Waals surface area contributed by atoms with Gasteiger partial charge in [0, 0.05) is 36.2 Å². The molecule has 3 aromatic heterocycles. The number of rotatable bonds is 5. The molecule has 160 valence electrons. The molecule has 1 aromatic carbocycles. The Balaban J connectivity index is 1.30. The van der Waals surface area contributed by atoms with Crippen LogP contribution in [0.1, 0.15) is 41.7 Å². The highest BCUT2D eigenvalue weighted by Crippen LogP contribution is 2.25. The molecule has 1 aliphatic rings. The maximum absolute atomic E-state index is 12.8. The molecule has 0 spiro atoms. The lowest BCUT2D eigenvalue weighted by molar-refractivity contribution is 0.0953. The van der Waals surface area contributed by atoms with Gasteiger partial charge in [-0.1, -0.05) is 31.0 Å². The van der Waals surface area contributed by atoms with Gasteiger partial charge in [0.25, 0.3) is 5.91 Å². The number of aryl methyl sites for hydroxylation is 1. The summed E-state index contributed by atoms with van der Waals surface area (Å²) < 4.78 is 1.85. The highest BCUT2D eigenvalue weighted by Gasteiger charge is 2.18. The van der Waals surface area contributed by atoms with Crippen LogP contribution < -0.4 is 10.2 Å². The van der Waals surface area contributed by atoms with E-state index in [1.807, 2.05) is 42.1 Å². The second kappa shape index (κ2) is 8.37. The minimum atomic E-state index is -0.0775. The number of H-pyrrole nitrogens is 1. The normalized spacial score (nSPS) is 14.8. The van der Waals surface area contributed by atoms with Gasteiger partial charge >= 0.3 is 0 Å². The number of amides is 1. The fourth-order valence-corrected chi connectivity index (χ4v) is 4.51. The third-order valence-corrected chi connectivity index (χ3v) is 6.05. The number of hydrogen-bond donors (Lipinski definition) is 2. The first-order valence-corrected chi connectivity index (χ1v) is 11.0. The molecule has 31 heavy (non-hydrogen) atoms. The minimum Gasteiger partial charge on any atom is -0.358 e. The van der Waals surface area contributed by atoms with Gasteiger partial charge in [0.15, 0.2) is 5.65 Å². The molecule has 0 radical (unpaired) electrons. The Morgan fingerprint density at radius 1 is 1.10 bits per heavy atom. The topological polar surface area (TPSA) is 91.7 Å². The summed E-state index contributed by atoms with van der Waals surface area (Å²) in [4.78, 5) is 27.5. The monoisotopic (exact) mass is 417 g/mol. The Hall–Kier alpha value is -3.42. The van der Waals surface area contributed by atoms with Crippen molar-refractivity contribution in [3.8, 4) is 0 Å². The molecule has 4 heterocycles. The zero-order valence-corrected chi connectivity index (χ0v) is 17.8. The number of carbonyl (C=O) groups is 1. The number of carbonyl (C=O) groups excluding carboxylic acids is 1. The predicted octanol–water partition coefficient (Wildman–Crippen LogP) is 3.43. The highest BCUT2D eigenvalue weighted by atomic mass is 16.1. The average Bonchev–Trinajstić information content (AvgIpc) is 3.22. The average molecular weight is 418 g/mol. The van der Waals surface area contributed by atoms with Crippen molar-refractivity contribution in [1.82, 2.24) is 30.0 Å². The molecule has 1 amide bonds. The third kappa shape index (κ3) is 3.73. The number of aromatic amines is 1. The van der Waals surface area contributed by atoms with Crippen LogP contribution >= 0.6 is 0 Å². The molecule has 1 fully saturated rings. The fraction of sp³-hybridized carbons (Fsp3) is 0.391. The lowest BCUT2D eigenvalue weighted by Gasteiger charge is -2.21. The number of anilines is 1. The van der Waals surface area contributed by atoms with E-state index in [1.165, 1.54) is 25.7 Å². The summed E-state index contributed by atoms with van der Waals surface area (Å²) in [6.45, 7) is 5.00. The van der Waals surface area contributed by atoms with E-state index >= 15 is 0 Å². The van der Waals surface area contributed by atoms with Crippen LogP contribution in [-0.2, 0) is 6.54 Å². The molecule has 0 unspecified atom stereocenters. The number of para-hydroxylation sites is 1. The zero-order valence-electron chi connectivity index (χ0n) is 17.8. The summed E-state index contributed by atoms with van der Waals surface area (Å²) in [5.74, 6) is 0.892. The maximum atomic E-state index is 12.8. The quantitative estimate of drug-likeness (QED) is 0.519. The van der Waals surface area contributed by atoms with Crippen molar-refractivity contribution >= 4 is 33.7 Å². The van der Waals surface area contributed by atoms with Gasteiger partial charge in [-0.2, -0.15) is 5.10 Å². The second-order valence-electron chi connectivity index (χ2n) is 8.13. The van der Waals surface area contributed by atoms with Gasteiger partial charge in [-0.25, -0.2) is 14.6 Å². The Labute approximate surface area is 180 Å². The van der Waals surface area contributed by atoms with Crippen molar-refractivity contribution in [2.24, 2.45) is 0 Å². The first kappa shape index (κ1) is 19.5. The van der Waals surface area contributed by atoms with Crippen molar-refractivity contribution < 1.29 is 4.79 Å². The first-order valence-electron chi connectivity index (χ1n) is 11.0. The predicted molar refractivity (Wildman–Crippen MR) is 121 cm³/mol. The van der Waals surface area contributed by atoms with E-state index in [2.05, 4.69) is 30.3 Å². The Bertz CT molecular complexity index is 1220. The van der Waals surface area contributed by atoms with Crippen molar-refractivity contribution in [1.29, 1.82) is 0 Å². The maximum Gasteiger partial charge on any atom is 0.253 e. The molecule has 8 nitrogen and oxygen atoms in total. The number of benzene rings is 1. The van der Waals surface area contributed by atoms with Gasteiger partial charge in [0.05, 0.1) is 23.7 Å². The largest absolute Gasteiger partial charge is 0.358 e. The van der Waals surface area contributed by atoms with E-state index in [0.29, 0.717) is 18.7 Å². The third-order valence-electron chi connectivity index (χ3n) is 6.05. The second-order valence-corrected chi connectivity index (χ2v) is 8.13. The zero-order chi connectivity index (χ0) is 21.2. The first-order chi connectivity index (χ1) is 15.2. The van der Waals surface area contributed by atoms with Crippen LogP contribution in [0, 0.1) is 6.92 Å². The molecule has 5 rings (SSSR count). The Morgan fingerprint density at radius 3 is 2.74 bits per heavy atom. The van der Waals surface area contributed by atoms with Gasteiger partial charge in [-0.15, -0.1) is 0 Å². The standard InChI is InChI=1S/C23H27N7O/c1-16-20(17-8-4-5-9-19(17)28-16)23(31)24-10-13-30-22-18(14-27-30)21(25-15-26-22)29-11-6-2-3-7-12-29/h4-5,8-9,14-15,28H,2-3,6-7,10-13H2,1H3,(H,24,31). The van der Waals surface area contributed by atoms with Gasteiger partial charge in [0.1, 0.15) is 12.1 Å². The summed E-state index contributed by atoms with van der Waals surface area (Å²) in [5, 5.41) is 9.48. The van der Waals surface area contributed by atoms with Crippen LogP contribution in [0.15, 0.2) is 36.8 Å². The van der Waals surface area contributed by atoms with E-state index in [4.69, 9.17) is 0 Å². The number of hydrogen-bond acceptors (Lipinski definition) is 5. The SMILES string of the molecule is Cc1[nH]c2ccccc2c1C(=O)NCCn1ncc2c(N3CCCCCC3)ncnc21. The Morgan fingerprint density at radius 2 is 1.90 bits per heavy atom. The van der Waals surface area contributed by atoms with Gasteiger partial charge in [0.2, 0.25) is 0 Å². The molecule has 0 bridgehead atoms. The van der Waals surface area contributed by atoms with E-state index in [1.54, 1.807) is 6.33 Å². The molecule has 0 saturated carbocycles. The fourth-order valence-electron chi connectivity index (χ4n) is 4.51. The summed E-state index contributed by atoms with van der Waals surface area (Å²) in [5.41, 5.74) is 3.36. The van der Waals surface area contributed by atoms with Crippen molar-refractivity contribution in [3.05, 3.63) is 48.0 Å². The highest BCUT2D eigenvalue weighted by molar-refractivity contribution is 6.08. The van der Waals surface area contributed by atoms with Crippen LogP contribution in [0.2, 0.25) is 0 Å². The van der Waals surface area contributed by atoms with Crippen molar-refractivity contribution in [3.63, 3.8) is 0 Å². The molecule has 1 aliphatic heterocycles. The Kier molecular flexibility index (Phi) is 5.28. The number of nitrogens with one attached hydrogen (secondary N) is 2. The molecule has 2 N–H and O–H groups in total. The van der Waals surface area contributed by atoms with Crippen LogP contribution in [0.4, 0.5) is 5.82 Å². The van der Waals surface area contributed by atoms with E-state index < -0.39 is 0 Å². The van der Waals surface area contributed by atoms with Crippen LogP contribution in [0.25, 0.3) is 21.9 Å². The minimum absolute atomic E-state index is 0.0775. The number of fused-ring (bicyclic) bond motifs is 2. The molecule has 8 heteroatoms. The number of aromatic nitrogens is 5. The van der Waals surface area contributed by atoms with E-state index in [0.717, 1.165) is 46.5 Å². The van der Waals surface area contributed by atoms with Gasteiger partial charge in [-0.05, 0) is 25.8 Å². The van der Waals surface area contributed by atoms with Crippen molar-refractivity contribution in [2.75, 3.05) is 24.5 Å². The summed E-state index contributed by atoms with van der Waals surface area (Å²) in [7, 11) is 0. The molecular formula is C23H27N7O. The van der Waals surface area contributed by atoms with Gasteiger partial charge < -0.3 is 15.2 Å².